The van der Waals surface area contributed by atoms with Crippen molar-refractivity contribution in [1.82, 2.24) is 20.1 Å². The molecule has 0 bridgehead atoms. The molecule has 0 atom stereocenters. The van der Waals surface area contributed by atoms with Gasteiger partial charge < -0.3 is 9.32 Å². The van der Waals surface area contributed by atoms with Crippen molar-refractivity contribution in [1.29, 1.82) is 0 Å². The molecule has 2 aromatic heterocycles. The highest BCUT2D eigenvalue weighted by molar-refractivity contribution is 7.99. The van der Waals surface area contributed by atoms with E-state index in [1.54, 1.807) is 41.6 Å². The molecule has 0 fully saturated rings. The summed E-state index contributed by atoms with van der Waals surface area (Å²) in [6, 6.07) is 9.79. The third kappa shape index (κ3) is 4.66. The zero-order chi connectivity index (χ0) is 18.4. The van der Waals surface area contributed by atoms with E-state index in [4.69, 9.17) is 4.42 Å². The van der Waals surface area contributed by atoms with E-state index in [0.29, 0.717) is 24.2 Å². The molecule has 134 valence electrons. The monoisotopic (exact) mass is 372 g/mol. The van der Waals surface area contributed by atoms with Crippen LogP contribution in [0.5, 0.6) is 0 Å². The average Bonchev–Trinajstić information content (AvgIpc) is 3.14. The highest BCUT2D eigenvalue weighted by Crippen LogP contribution is 2.23. The lowest BCUT2D eigenvalue weighted by Crippen LogP contribution is -2.31. The Labute approximate surface area is 154 Å². The Hall–Kier alpha value is -2.74. The van der Waals surface area contributed by atoms with E-state index in [1.807, 2.05) is 6.92 Å². The molecule has 3 aromatic rings. The number of aromatic nitrogens is 3. The molecule has 0 unspecified atom stereocenters. The average molecular weight is 372 g/mol. The van der Waals surface area contributed by atoms with Gasteiger partial charge in [-0.2, -0.15) is 0 Å². The van der Waals surface area contributed by atoms with Crippen LogP contribution in [-0.2, 0) is 11.3 Å². The second-order valence-electron chi connectivity index (χ2n) is 5.44. The van der Waals surface area contributed by atoms with Gasteiger partial charge in [0.05, 0.1) is 5.75 Å². The molecule has 0 radical (unpaired) electrons. The van der Waals surface area contributed by atoms with Crippen molar-refractivity contribution in [3.63, 3.8) is 0 Å². The molecule has 0 saturated carbocycles. The zero-order valence-corrected chi connectivity index (χ0v) is 14.9. The van der Waals surface area contributed by atoms with Gasteiger partial charge in [0.1, 0.15) is 5.82 Å². The fourth-order valence-corrected chi connectivity index (χ4v) is 2.99. The molecule has 0 aliphatic rings. The van der Waals surface area contributed by atoms with Crippen LogP contribution in [-0.4, -0.2) is 38.3 Å². The van der Waals surface area contributed by atoms with Gasteiger partial charge in [-0.05, 0) is 36.8 Å². The van der Waals surface area contributed by atoms with Gasteiger partial charge in [0.15, 0.2) is 0 Å². The van der Waals surface area contributed by atoms with E-state index in [2.05, 4.69) is 15.2 Å². The van der Waals surface area contributed by atoms with Crippen LogP contribution in [0.2, 0.25) is 0 Å². The van der Waals surface area contributed by atoms with Gasteiger partial charge in [0.25, 0.3) is 5.22 Å². The highest BCUT2D eigenvalue weighted by Gasteiger charge is 2.16. The summed E-state index contributed by atoms with van der Waals surface area (Å²) in [7, 11) is 0. The lowest BCUT2D eigenvalue weighted by molar-refractivity contribution is -0.128. The van der Waals surface area contributed by atoms with Crippen LogP contribution in [0.1, 0.15) is 12.5 Å². The SMILES string of the molecule is CCN(Cc1cccc(F)c1)C(=O)CSc1nnc(-c2ccncc2)o1. The molecule has 0 saturated heterocycles. The number of carbonyl (C=O) groups is 1. The van der Waals surface area contributed by atoms with Gasteiger partial charge in [-0.15, -0.1) is 10.2 Å². The van der Waals surface area contributed by atoms with E-state index in [0.717, 1.165) is 11.1 Å². The number of benzene rings is 1. The highest BCUT2D eigenvalue weighted by atomic mass is 32.2. The molecule has 26 heavy (non-hydrogen) atoms. The van der Waals surface area contributed by atoms with Crippen molar-refractivity contribution in [2.75, 3.05) is 12.3 Å². The van der Waals surface area contributed by atoms with Crippen LogP contribution in [0.4, 0.5) is 4.39 Å². The van der Waals surface area contributed by atoms with Gasteiger partial charge in [-0.25, -0.2) is 4.39 Å². The maximum Gasteiger partial charge on any atom is 0.277 e. The van der Waals surface area contributed by atoms with Crippen molar-refractivity contribution in [2.45, 2.75) is 18.7 Å². The number of pyridine rings is 1. The maximum absolute atomic E-state index is 13.3. The quantitative estimate of drug-likeness (QED) is 0.592. The second-order valence-corrected chi connectivity index (χ2v) is 6.36. The van der Waals surface area contributed by atoms with Crippen LogP contribution < -0.4 is 0 Å². The second kappa shape index (κ2) is 8.57. The number of halogens is 1. The molecule has 2 heterocycles. The Kier molecular flexibility index (Phi) is 5.96. The summed E-state index contributed by atoms with van der Waals surface area (Å²) >= 11 is 1.18. The van der Waals surface area contributed by atoms with Gasteiger partial charge in [0.2, 0.25) is 11.8 Å². The summed E-state index contributed by atoms with van der Waals surface area (Å²) in [5.74, 6) is 0.163. The molecule has 1 amide bonds. The van der Waals surface area contributed by atoms with E-state index in [-0.39, 0.29) is 17.5 Å². The summed E-state index contributed by atoms with van der Waals surface area (Å²) in [6.07, 6.45) is 3.28. The zero-order valence-electron chi connectivity index (χ0n) is 14.1. The van der Waals surface area contributed by atoms with E-state index >= 15 is 0 Å². The largest absolute Gasteiger partial charge is 0.411 e. The van der Waals surface area contributed by atoms with Crippen molar-refractivity contribution < 1.29 is 13.6 Å². The van der Waals surface area contributed by atoms with Crippen molar-refractivity contribution in [2.24, 2.45) is 0 Å². The van der Waals surface area contributed by atoms with Gasteiger partial charge >= 0.3 is 0 Å². The van der Waals surface area contributed by atoms with Crippen molar-refractivity contribution in [3.8, 4) is 11.5 Å². The lowest BCUT2D eigenvalue weighted by atomic mass is 10.2. The minimum Gasteiger partial charge on any atom is -0.411 e. The fraction of sp³-hybridized carbons (Fsp3) is 0.222. The summed E-state index contributed by atoms with van der Waals surface area (Å²) in [6.45, 7) is 2.78. The fourth-order valence-electron chi connectivity index (χ4n) is 2.33. The van der Waals surface area contributed by atoms with Crippen LogP contribution >= 0.6 is 11.8 Å². The van der Waals surface area contributed by atoms with Crippen molar-refractivity contribution >= 4 is 17.7 Å². The number of hydrogen-bond acceptors (Lipinski definition) is 6. The Morgan fingerprint density at radius 3 is 2.77 bits per heavy atom. The Morgan fingerprint density at radius 1 is 1.23 bits per heavy atom. The van der Waals surface area contributed by atoms with E-state index < -0.39 is 0 Å². The molecule has 0 aliphatic heterocycles. The first-order valence-electron chi connectivity index (χ1n) is 8.04. The molecule has 8 heteroatoms. The first-order valence-corrected chi connectivity index (χ1v) is 9.03. The number of thioether (sulfide) groups is 1. The normalized spacial score (nSPS) is 10.7. The smallest absolute Gasteiger partial charge is 0.277 e. The first-order chi connectivity index (χ1) is 12.7. The molecular formula is C18H17FN4O2S. The predicted octanol–water partition coefficient (Wildman–Crippen LogP) is 3.41. The molecular weight excluding hydrogens is 355 g/mol. The Bertz CT molecular complexity index is 872. The number of nitrogens with zero attached hydrogens (tertiary/aromatic N) is 4. The van der Waals surface area contributed by atoms with E-state index in [1.165, 1.54) is 23.9 Å². The third-order valence-corrected chi connectivity index (χ3v) is 4.45. The lowest BCUT2D eigenvalue weighted by Gasteiger charge is -2.20. The van der Waals surface area contributed by atoms with Gasteiger partial charge in [0, 0.05) is 31.0 Å². The number of rotatable bonds is 7. The minimum absolute atomic E-state index is 0.0783. The number of amides is 1. The summed E-state index contributed by atoms with van der Waals surface area (Å²) in [5.41, 5.74) is 1.52. The van der Waals surface area contributed by atoms with E-state index in [9.17, 15) is 9.18 Å². The minimum atomic E-state index is -0.310. The molecule has 6 nitrogen and oxygen atoms in total. The summed E-state index contributed by atoms with van der Waals surface area (Å²) in [5, 5.41) is 8.25. The summed E-state index contributed by atoms with van der Waals surface area (Å²) < 4.78 is 18.9. The summed E-state index contributed by atoms with van der Waals surface area (Å²) in [4.78, 5) is 18.0. The first kappa shape index (κ1) is 18.1. The standard InChI is InChI=1S/C18H17FN4O2S/c1-2-23(11-13-4-3-5-15(19)10-13)16(24)12-26-18-22-21-17(25-18)14-6-8-20-9-7-14/h3-10H,2,11-12H2,1H3. The maximum atomic E-state index is 13.3. The molecule has 3 rings (SSSR count). The number of hydrogen-bond donors (Lipinski definition) is 0. The molecule has 1 aromatic carbocycles. The topological polar surface area (TPSA) is 72.1 Å². The molecule has 0 spiro atoms. The van der Waals surface area contributed by atoms with Crippen LogP contribution in [0.15, 0.2) is 58.4 Å². The van der Waals surface area contributed by atoms with Crippen LogP contribution in [0, 0.1) is 5.82 Å². The molecule has 0 aliphatic carbocycles. The van der Waals surface area contributed by atoms with Crippen molar-refractivity contribution in [3.05, 3.63) is 60.2 Å². The Balaban J connectivity index is 1.58. The third-order valence-electron chi connectivity index (χ3n) is 3.65. The van der Waals surface area contributed by atoms with Crippen LogP contribution in [0.25, 0.3) is 11.5 Å². The molecule has 0 N–H and O–H groups in total. The van der Waals surface area contributed by atoms with Gasteiger partial charge in [-0.1, -0.05) is 23.9 Å². The predicted molar refractivity (Wildman–Crippen MR) is 95.7 cm³/mol. The van der Waals surface area contributed by atoms with Gasteiger partial charge in [-0.3, -0.25) is 9.78 Å². The number of carbonyl (C=O) groups excluding carboxylic acids is 1. The van der Waals surface area contributed by atoms with Crippen LogP contribution in [0.3, 0.4) is 0 Å². The Morgan fingerprint density at radius 2 is 2.04 bits per heavy atom.